The lowest BCUT2D eigenvalue weighted by Gasteiger charge is -2.17. The van der Waals surface area contributed by atoms with Gasteiger partial charge in [-0.3, -0.25) is 52.3 Å². The van der Waals surface area contributed by atoms with Crippen LogP contribution < -0.4 is 39.4 Å². The van der Waals surface area contributed by atoms with E-state index < -0.39 is 11.6 Å². The highest BCUT2D eigenvalue weighted by molar-refractivity contribution is 7.71. The molecule has 0 aromatic carbocycles. The highest BCUT2D eigenvalue weighted by atomic mass is 32.1. The van der Waals surface area contributed by atoms with Gasteiger partial charge in [-0.2, -0.15) is 25.5 Å². The summed E-state index contributed by atoms with van der Waals surface area (Å²) in [6.45, 7) is 12.1. The van der Waals surface area contributed by atoms with Gasteiger partial charge >= 0.3 is 22.8 Å². The van der Waals surface area contributed by atoms with E-state index in [-0.39, 0.29) is 45.6 Å². The van der Waals surface area contributed by atoms with Gasteiger partial charge in [0.25, 0.3) is 28.5 Å². The van der Waals surface area contributed by atoms with Crippen LogP contribution in [0.2, 0.25) is 0 Å². The summed E-state index contributed by atoms with van der Waals surface area (Å²) in [5, 5.41) is 22.1. The number of hydrazine groups is 1. The Bertz CT molecular complexity index is 3360. The minimum absolute atomic E-state index is 0.0185. The molecule has 0 atom stereocenters. The summed E-state index contributed by atoms with van der Waals surface area (Å²) in [4.78, 5) is 103. The zero-order chi connectivity index (χ0) is 59.1. The Balaban J connectivity index is 0.000000435. The highest BCUT2D eigenvalue weighted by Gasteiger charge is 2.37. The molecular formula is C44H71N21O9S2. The monoisotopic (exact) mass is 1100 g/mol. The lowest BCUT2D eigenvalue weighted by molar-refractivity contribution is -0.141. The fourth-order valence-corrected chi connectivity index (χ4v) is 6.24. The van der Waals surface area contributed by atoms with Crippen molar-refractivity contribution in [3.05, 3.63) is 142 Å². The van der Waals surface area contributed by atoms with Crippen LogP contribution >= 0.6 is 24.4 Å². The smallest absolute Gasteiger partial charge is 0.310 e. The van der Waals surface area contributed by atoms with E-state index in [1.54, 1.807) is 124 Å². The Labute approximate surface area is 446 Å². The molecule has 32 heteroatoms. The number of nitrogens with zero attached hydrogens (tertiary/aromatic N) is 21. The molecule has 0 bridgehead atoms. The third-order valence-electron chi connectivity index (χ3n) is 11.1. The Morgan fingerprint density at radius 3 is 1.08 bits per heavy atom. The summed E-state index contributed by atoms with van der Waals surface area (Å²) in [7, 11) is 25.0. The summed E-state index contributed by atoms with van der Waals surface area (Å²) < 4.78 is 20.2. The zero-order valence-corrected chi connectivity index (χ0v) is 48.9. The Morgan fingerprint density at radius 2 is 0.816 bits per heavy atom. The molecular weight excluding hydrogens is 1030 g/mol. The van der Waals surface area contributed by atoms with Gasteiger partial charge in [-0.05, 0) is 72.9 Å². The molecule has 0 radical (unpaired) electrons. The van der Waals surface area contributed by atoms with Gasteiger partial charge in [0.1, 0.15) is 35.4 Å². The molecule has 8 rings (SSSR count). The van der Waals surface area contributed by atoms with Crippen molar-refractivity contribution in [1.29, 1.82) is 0 Å². The molecule has 2 amide bonds. The molecule has 0 N–H and O–H groups in total. The van der Waals surface area contributed by atoms with Crippen molar-refractivity contribution in [3.8, 4) is 0 Å². The van der Waals surface area contributed by atoms with Gasteiger partial charge in [0, 0.05) is 129 Å². The Hall–Kier alpha value is -8.29. The van der Waals surface area contributed by atoms with Gasteiger partial charge in [-0.15, -0.1) is 0 Å². The van der Waals surface area contributed by atoms with E-state index in [9.17, 15) is 43.2 Å². The quantitative estimate of drug-likeness (QED) is 0.116. The SMILES string of the molecule is CC1C(=O)N(C)N(C)C1=O.Cc1cn(C)c(=O)n(C)c1=O.Cc1cncn(C)c1=O.Cc1nn(C)c(=O)n(C)c1=O.Cc1nn(C)c(=O)n1C.Cc1nn(C)c(=O)n1C.Cc1nn(C)c(=S)n1C.Cn1cnn(C)c1=S. The molecule has 1 aliphatic heterocycles. The van der Waals surface area contributed by atoms with Crippen molar-refractivity contribution in [3.63, 3.8) is 0 Å². The summed E-state index contributed by atoms with van der Waals surface area (Å²) in [5.41, 5.74) is 0.191. The molecule has 7 aromatic heterocycles. The molecule has 76 heavy (non-hydrogen) atoms. The first-order valence-electron chi connectivity index (χ1n) is 22.6. The fraction of sp³-hybridized carbons (Fsp3) is 0.523. The summed E-state index contributed by atoms with van der Waals surface area (Å²) in [5.74, 6) is 1.67. The fourth-order valence-electron chi connectivity index (χ4n) is 5.97. The molecule has 0 spiro atoms. The first-order valence-corrected chi connectivity index (χ1v) is 23.4. The lowest BCUT2D eigenvalue weighted by atomic mass is 10.2. The topological polar surface area (TPSA) is 302 Å². The number of hydrogen-bond donors (Lipinski definition) is 0. The molecule has 30 nitrogen and oxygen atoms in total. The second kappa shape index (κ2) is 28.4. The van der Waals surface area contributed by atoms with Gasteiger partial charge < -0.3 is 18.3 Å². The van der Waals surface area contributed by atoms with Crippen LogP contribution in [0.3, 0.4) is 0 Å². The maximum atomic E-state index is 11.1. The van der Waals surface area contributed by atoms with E-state index in [0.717, 1.165) is 40.8 Å². The van der Waals surface area contributed by atoms with Crippen LogP contribution in [0.1, 0.15) is 41.2 Å². The van der Waals surface area contributed by atoms with Gasteiger partial charge in [0.05, 0.1) is 6.33 Å². The van der Waals surface area contributed by atoms with Crippen LogP contribution in [0.25, 0.3) is 0 Å². The van der Waals surface area contributed by atoms with Crippen LogP contribution in [-0.2, 0) is 101 Å². The molecule has 7 aromatic rings. The minimum Gasteiger partial charge on any atom is -0.310 e. The van der Waals surface area contributed by atoms with E-state index in [0.29, 0.717) is 16.8 Å². The van der Waals surface area contributed by atoms with Crippen molar-refractivity contribution < 1.29 is 9.59 Å². The number of hydrogen-bond acceptors (Lipinski definition) is 17. The number of carbonyl (C=O) groups excluding carboxylic acids is 2. The number of aryl methyl sites for hydroxylation is 14. The first-order chi connectivity index (χ1) is 34.9. The van der Waals surface area contributed by atoms with E-state index >= 15 is 0 Å². The van der Waals surface area contributed by atoms with E-state index in [1.165, 1.54) is 71.3 Å². The molecule has 418 valence electrons. The van der Waals surface area contributed by atoms with Crippen molar-refractivity contribution >= 4 is 36.3 Å². The molecule has 1 fully saturated rings. The zero-order valence-electron chi connectivity index (χ0n) is 47.3. The number of rotatable bonds is 0. The second-order valence-corrected chi connectivity index (χ2v) is 17.8. The van der Waals surface area contributed by atoms with Crippen molar-refractivity contribution in [2.24, 2.45) is 97.5 Å². The Morgan fingerprint density at radius 1 is 0.408 bits per heavy atom. The predicted molar refractivity (Wildman–Crippen MR) is 287 cm³/mol. The minimum atomic E-state index is -0.491. The van der Waals surface area contributed by atoms with Crippen LogP contribution in [-0.4, -0.2) is 126 Å². The molecule has 1 aliphatic rings. The summed E-state index contributed by atoms with van der Waals surface area (Å²) in [6.07, 6.45) is 6.27. The van der Waals surface area contributed by atoms with Crippen LogP contribution in [0.4, 0.5) is 0 Å². The number of aromatic nitrogens is 19. The maximum Gasteiger partial charge on any atom is 0.346 e. The highest BCUT2D eigenvalue weighted by Crippen LogP contribution is 2.14. The average Bonchev–Trinajstić information content (AvgIpc) is 4.01. The second-order valence-electron chi connectivity index (χ2n) is 17.0. The standard InChI is InChI=1S/C7H10N2O2.C6H9N3O2.C6H10N2O2.C6H8N2O.2C5H9N3O.C5H9N3S.C4H7N3S/c1-5-4-8(2)7(11)9(3)6(5)10;1-4-5(10)8(2)6(11)9(3)7-4;1-4-5(9)7(2)8(3)6(4)10;1-5-3-7-4-8(2)6(5)9;3*1-4-6-8(3)5(9)7(4)2;1-6-3-5-7(2)4(6)8/h4H,1-3H3;1-3H3;4H,1-3H3;3-4H,1-2H3;3*1-3H3;3H,1-2H3. The summed E-state index contributed by atoms with van der Waals surface area (Å²) >= 11 is 9.87. The van der Waals surface area contributed by atoms with Crippen LogP contribution in [0.5, 0.6) is 0 Å². The first kappa shape index (κ1) is 65.7. The molecule has 0 aliphatic carbocycles. The molecule has 0 saturated carbocycles. The van der Waals surface area contributed by atoms with Gasteiger partial charge in [-0.25, -0.2) is 47.6 Å². The van der Waals surface area contributed by atoms with E-state index in [1.807, 2.05) is 39.7 Å². The maximum absolute atomic E-state index is 11.1. The molecule has 0 unspecified atom stereocenters. The van der Waals surface area contributed by atoms with E-state index in [4.69, 9.17) is 24.4 Å². The molecule has 1 saturated heterocycles. The van der Waals surface area contributed by atoms with Gasteiger partial charge in [-0.1, -0.05) is 0 Å². The lowest BCUT2D eigenvalue weighted by Crippen LogP contribution is -2.39. The van der Waals surface area contributed by atoms with Crippen LogP contribution in [0, 0.1) is 57.0 Å². The van der Waals surface area contributed by atoms with Gasteiger partial charge in [0.2, 0.25) is 0 Å². The number of carbonyl (C=O) groups is 2. The largest absolute Gasteiger partial charge is 0.346 e. The third kappa shape index (κ3) is 17.1. The summed E-state index contributed by atoms with van der Waals surface area (Å²) in [6, 6.07) is 0. The van der Waals surface area contributed by atoms with Gasteiger partial charge in [0.15, 0.2) is 9.54 Å². The number of amides is 2. The molecule has 8 heterocycles. The normalized spacial score (nSPS) is 11.4. The van der Waals surface area contributed by atoms with Crippen molar-refractivity contribution in [2.45, 2.75) is 48.5 Å². The van der Waals surface area contributed by atoms with Crippen molar-refractivity contribution in [1.82, 2.24) is 100 Å². The van der Waals surface area contributed by atoms with Crippen LogP contribution in [0.15, 0.2) is 58.6 Å². The third-order valence-corrected chi connectivity index (χ3v) is 12.2. The predicted octanol–water partition coefficient (Wildman–Crippen LogP) is -2.12. The average molecular weight is 1100 g/mol. The van der Waals surface area contributed by atoms with E-state index in [2.05, 4.69) is 30.5 Å². The van der Waals surface area contributed by atoms with Crippen molar-refractivity contribution in [2.75, 3.05) is 14.1 Å². The Kier molecular flexibility index (Phi) is 24.6.